The molecule has 4 heteroatoms. The third-order valence-electron chi connectivity index (χ3n) is 3.42. The molecule has 0 spiro atoms. The number of carbonyl (C=O) groups is 1. The summed E-state index contributed by atoms with van der Waals surface area (Å²) in [5.74, 6) is 0.294. The molecule has 0 radical (unpaired) electrons. The molecule has 0 aliphatic carbocycles. The Labute approximate surface area is 128 Å². The minimum Gasteiger partial charge on any atom is -0.355 e. The highest BCUT2D eigenvalue weighted by atomic mass is 16.5. The van der Waals surface area contributed by atoms with Gasteiger partial charge < -0.3 is 9.84 Å². The van der Waals surface area contributed by atoms with Crippen LogP contribution >= 0.6 is 0 Å². The second-order valence-corrected chi connectivity index (χ2v) is 4.95. The summed E-state index contributed by atoms with van der Waals surface area (Å²) in [7, 11) is 0. The van der Waals surface area contributed by atoms with Crippen LogP contribution in [0.2, 0.25) is 0 Å². The second-order valence-electron chi connectivity index (χ2n) is 4.95. The largest absolute Gasteiger partial charge is 0.355 e. The maximum absolute atomic E-state index is 12.2. The molecular formula is C18H16N2O2. The van der Waals surface area contributed by atoms with E-state index in [-0.39, 0.29) is 11.6 Å². The number of nitrogens with one attached hydrogen (secondary N) is 1. The van der Waals surface area contributed by atoms with Gasteiger partial charge in [-0.15, -0.1) is 0 Å². The van der Waals surface area contributed by atoms with Crippen molar-refractivity contribution in [2.75, 3.05) is 5.32 Å². The summed E-state index contributed by atoms with van der Waals surface area (Å²) in [6.45, 7) is 2.09. The Bertz CT molecular complexity index is 761. The standard InChI is InChI=1S/C18H16N2O2/c1-2-13-8-10-15(11-9-13)19-18(21)16-12-17(22-20-16)14-6-4-3-5-7-14/h3-12H,2H2,1H3,(H,19,21). The molecule has 1 N–H and O–H groups in total. The number of rotatable bonds is 4. The van der Waals surface area contributed by atoms with Crippen LogP contribution in [0.4, 0.5) is 5.69 Å². The lowest BCUT2D eigenvalue weighted by molar-refractivity contribution is 0.101. The highest BCUT2D eigenvalue weighted by Crippen LogP contribution is 2.20. The number of anilines is 1. The SMILES string of the molecule is CCc1ccc(NC(=O)c2cc(-c3ccccc3)on2)cc1. The van der Waals surface area contributed by atoms with E-state index < -0.39 is 0 Å². The summed E-state index contributed by atoms with van der Waals surface area (Å²) >= 11 is 0. The first-order chi connectivity index (χ1) is 10.8. The minimum atomic E-state index is -0.282. The van der Waals surface area contributed by atoms with Crippen molar-refractivity contribution in [2.45, 2.75) is 13.3 Å². The van der Waals surface area contributed by atoms with Gasteiger partial charge in [-0.25, -0.2) is 0 Å². The number of benzene rings is 2. The summed E-state index contributed by atoms with van der Waals surface area (Å²) in [5, 5.41) is 6.65. The Morgan fingerprint density at radius 3 is 2.50 bits per heavy atom. The van der Waals surface area contributed by atoms with Gasteiger partial charge >= 0.3 is 0 Å². The zero-order chi connectivity index (χ0) is 15.4. The third kappa shape index (κ3) is 3.06. The van der Waals surface area contributed by atoms with Crippen molar-refractivity contribution < 1.29 is 9.32 Å². The highest BCUT2D eigenvalue weighted by molar-refractivity contribution is 6.03. The second kappa shape index (κ2) is 6.26. The van der Waals surface area contributed by atoms with Crippen molar-refractivity contribution in [1.82, 2.24) is 5.16 Å². The number of hydrogen-bond acceptors (Lipinski definition) is 3. The Balaban J connectivity index is 1.74. The van der Waals surface area contributed by atoms with Crippen LogP contribution in [0, 0.1) is 0 Å². The first-order valence-corrected chi connectivity index (χ1v) is 7.18. The summed E-state index contributed by atoms with van der Waals surface area (Å²) in [5.41, 5.74) is 3.12. The molecule has 22 heavy (non-hydrogen) atoms. The fraction of sp³-hybridized carbons (Fsp3) is 0.111. The first-order valence-electron chi connectivity index (χ1n) is 7.18. The first kappa shape index (κ1) is 14.1. The van der Waals surface area contributed by atoms with E-state index in [1.807, 2.05) is 54.6 Å². The molecule has 4 nitrogen and oxygen atoms in total. The Morgan fingerprint density at radius 2 is 1.82 bits per heavy atom. The molecule has 1 heterocycles. The molecule has 110 valence electrons. The Hall–Kier alpha value is -2.88. The molecule has 3 rings (SSSR count). The molecular weight excluding hydrogens is 276 g/mol. The molecule has 2 aromatic carbocycles. The van der Waals surface area contributed by atoms with Gasteiger partial charge in [0.25, 0.3) is 5.91 Å². The summed E-state index contributed by atoms with van der Waals surface area (Å²) in [6, 6.07) is 19.0. The Morgan fingerprint density at radius 1 is 1.09 bits per heavy atom. The molecule has 0 aliphatic heterocycles. The van der Waals surface area contributed by atoms with Crippen molar-refractivity contribution in [3.8, 4) is 11.3 Å². The Kier molecular flexibility index (Phi) is 4.01. The van der Waals surface area contributed by atoms with E-state index >= 15 is 0 Å². The van der Waals surface area contributed by atoms with E-state index in [4.69, 9.17) is 4.52 Å². The fourth-order valence-electron chi connectivity index (χ4n) is 2.14. The van der Waals surface area contributed by atoms with Crippen LogP contribution < -0.4 is 5.32 Å². The van der Waals surface area contributed by atoms with Crippen LogP contribution in [0.25, 0.3) is 11.3 Å². The van der Waals surface area contributed by atoms with Gasteiger partial charge in [-0.2, -0.15) is 0 Å². The van der Waals surface area contributed by atoms with Gasteiger partial charge in [0.2, 0.25) is 0 Å². The van der Waals surface area contributed by atoms with Gasteiger partial charge in [0.05, 0.1) is 0 Å². The number of carbonyl (C=O) groups excluding carboxylic acids is 1. The number of hydrogen-bond donors (Lipinski definition) is 1. The summed E-state index contributed by atoms with van der Waals surface area (Å²) in [6.07, 6.45) is 0.970. The molecule has 0 aliphatic rings. The van der Waals surface area contributed by atoms with Gasteiger partial charge in [0, 0.05) is 17.3 Å². The smallest absolute Gasteiger partial charge is 0.277 e. The van der Waals surface area contributed by atoms with Gasteiger partial charge in [0.1, 0.15) is 0 Å². The molecule has 0 bridgehead atoms. The third-order valence-corrected chi connectivity index (χ3v) is 3.42. The lowest BCUT2D eigenvalue weighted by atomic mass is 10.1. The predicted octanol–water partition coefficient (Wildman–Crippen LogP) is 4.16. The fourth-order valence-corrected chi connectivity index (χ4v) is 2.14. The molecule has 0 unspecified atom stereocenters. The molecule has 0 saturated carbocycles. The minimum absolute atomic E-state index is 0.262. The number of amides is 1. The monoisotopic (exact) mass is 292 g/mol. The summed E-state index contributed by atoms with van der Waals surface area (Å²) in [4.78, 5) is 12.2. The van der Waals surface area contributed by atoms with Crippen molar-refractivity contribution in [3.63, 3.8) is 0 Å². The van der Waals surface area contributed by atoms with Crippen LogP contribution in [0.3, 0.4) is 0 Å². The molecule has 1 aromatic heterocycles. The predicted molar refractivity (Wildman–Crippen MR) is 85.7 cm³/mol. The molecule has 1 amide bonds. The number of nitrogens with zero attached hydrogens (tertiary/aromatic N) is 1. The van der Waals surface area contributed by atoms with E-state index in [1.165, 1.54) is 5.56 Å². The van der Waals surface area contributed by atoms with E-state index in [0.29, 0.717) is 5.76 Å². The normalized spacial score (nSPS) is 10.4. The van der Waals surface area contributed by atoms with Crippen LogP contribution in [-0.2, 0) is 6.42 Å². The maximum atomic E-state index is 12.2. The molecule has 0 atom stereocenters. The van der Waals surface area contributed by atoms with E-state index in [0.717, 1.165) is 17.7 Å². The molecule has 3 aromatic rings. The van der Waals surface area contributed by atoms with E-state index in [1.54, 1.807) is 6.07 Å². The van der Waals surface area contributed by atoms with Gasteiger partial charge in [-0.1, -0.05) is 54.5 Å². The van der Waals surface area contributed by atoms with Crippen molar-refractivity contribution >= 4 is 11.6 Å². The van der Waals surface area contributed by atoms with Gasteiger partial charge in [-0.3, -0.25) is 4.79 Å². The lowest BCUT2D eigenvalue weighted by Gasteiger charge is -2.03. The van der Waals surface area contributed by atoms with Crippen molar-refractivity contribution in [3.05, 3.63) is 71.9 Å². The van der Waals surface area contributed by atoms with Crippen LogP contribution in [0.5, 0.6) is 0 Å². The summed E-state index contributed by atoms with van der Waals surface area (Å²) < 4.78 is 5.24. The van der Waals surface area contributed by atoms with Gasteiger partial charge in [-0.05, 0) is 24.1 Å². The quantitative estimate of drug-likeness (QED) is 0.785. The molecule has 0 saturated heterocycles. The highest BCUT2D eigenvalue weighted by Gasteiger charge is 2.13. The van der Waals surface area contributed by atoms with Crippen LogP contribution in [-0.4, -0.2) is 11.1 Å². The van der Waals surface area contributed by atoms with Crippen molar-refractivity contribution in [1.29, 1.82) is 0 Å². The van der Waals surface area contributed by atoms with E-state index in [2.05, 4.69) is 17.4 Å². The lowest BCUT2D eigenvalue weighted by Crippen LogP contribution is -2.12. The zero-order valence-electron chi connectivity index (χ0n) is 12.2. The van der Waals surface area contributed by atoms with E-state index in [9.17, 15) is 4.79 Å². The zero-order valence-corrected chi connectivity index (χ0v) is 12.2. The molecule has 0 fully saturated rings. The average molecular weight is 292 g/mol. The number of aromatic nitrogens is 1. The maximum Gasteiger partial charge on any atom is 0.277 e. The number of aryl methyl sites for hydroxylation is 1. The topological polar surface area (TPSA) is 55.1 Å². The average Bonchev–Trinajstić information content (AvgIpc) is 3.06. The van der Waals surface area contributed by atoms with Crippen LogP contribution in [0.1, 0.15) is 23.0 Å². The van der Waals surface area contributed by atoms with Crippen LogP contribution in [0.15, 0.2) is 65.2 Å². The van der Waals surface area contributed by atoms with Gasteiger partial charge in [0.15, 0.2) is 11.5 Å². The van der Waals surface area contributed by atoms with Crippen molar-refractivity contribution in [2.24, 2.45) is 0 Å².